The van der Waals surface area contributed by atoms with Gasteiger partial charge in [0.25, 0.3) is 0 Å². The summed E-state index contributed by atoms with van der Waals surface area (Å²) in [6.45, 7) is 0.0391. The van der Waals surface area contributed by atoms with Crippen molar-refractivity contribution in [3.05, 3.63) is 77.4 Å². The molecule has 2 aromatic heterocycles. The first kappa shape index (κ1) is 23.8. The molecule has 3 N–H and O–H groups in total. The van der Waals surface area contributed by atoms with Crippen LogP contribution in [0.3, 0.4) is 0 Å². The van der Waals surface area contributed by atoms with Crippen LogP contribution >= 0.6 is 11.8 Å². The van der Waals surface area contributed by atoms with Gasteiger partial charge in [-0.15, -0.1) is 0 Å². The van der Waals surface area contributed by atoms with Crippen LogP contribution in [-0.2, 0) is 5.75 Å². The molecule has 0 fully saturated rings. The third kappa shape index (κ3) is 5.25. The van der Waals surface area contributed by atoms with E-state index in [1.807, 2.05) is 6.07 Å². The van der Waals surface area contributed by atoms with Crippen LogP contribution in [0.15, 0.2) is 64.2 Å². The number of pyridine rings is 1. The molecule has 2 aromatic carbocycles. The van der Waals surface area contributed by atoms with Gasteiger partial charge >= 0.3 is 0 Å². The summed E-state index contributed by atoms with van der Waals surface area (Å²) in [5.41, 5.74) is 8.61. The summed E-state index contributed by atoms with van der Waals surface area (Å²) in [5, 5.41) is 28.9. The minimum atomic E-state index is -0.354. The molecule has 0 unspecified atom stereocenters. The van der Waals surface area contributed by atoms with Gasteiger partial charge in [0.2, 0.25) is 5.89 Å². The number of aliphatic hydroxyl groups excluding tert-OH is 1. The van der Waals surface area contributed by atoms with Gasteiger partial charge in [-0.3, -0.25) is 0 Å². The molecule has 0 bridgehead atoms. The number of aromatic nitrogens is 2. The number of rotatable bonds is 8. The SMILES string of the molecule is N#Cc1c(N)nc(SCc2coc(-c3ccc(F)cc3)n2)c(C#N)c1-c1ccc(OCCO)cc1. The van der Waals surface area contributed by atoms with Crippen LogP contribution in [0.25, 0.3) is 22.6 Å². The maximum absolute atomic E-state index is 13.2. The number of ether oxygens (including phenoxy) is 1. The van der Waals surface area contributed by atoms with Crippen molar-refractivity contribution in [1.82, 2.24) is 9.97 Å². The fourth-order valence-corrected chi connectivity index (χ4v) is 4.19. The Balaban J connectivity index is 1.63. The van der Waals surface area contributed by atoms with Gasteiger partial charge in [-0.25, -0.2) is 14.4 Å². The second-order valence-corrected chi connectivity index (χ2v) is 8.15. The Bertz CT molecular complexity index is 1420. The van der Waals surface area contributed by atoms with Crippen LogP contribution in [0, 0.1) is 28.5 Å². The Labute approximate surface area is 204 Å². The maximum Gasteiger partial charge on any atom is 0.226 e. The van der Waals surface area contributed by atoms with E-state index in [1.165, 1.54) is 30.2 Å². The molecule has 0 aliphatic rings. The third-order valence-corrected chi connectivity index (χ3v) is 5.93. The van der Waals surface area contributed by atoms with E-state index < -0.39 is 0 Å². The molecule has 4 rings (SSSR count). The molecule has 8 nitrogen and oxygen atoms in total. The molecular weight excluding hydrogens is 469 g/mol. The molecule has 174 valence electrons. The molecule has 0 radical (unpaired) electrons. The van der Waals surface area contributed by atoms with Crippen molar-refractivity contribution in [3.63, 3.8) is 0 Å². The van der Waals surface area contributed by atoms with Gasteiger partial charge in [0.15, 0.2) is 0 Å². The number of thioether (sulfide) groups is 1. The van der Waals surface area contributed by atoms with E-state index >= 15 is 0 Å². The van der Waals surface area contributed by atoms with E-state index in [0.717, 1.165) is 0 Å². The average molecular weight is 488 g/mol. The van der Waals surface area contributed by atoms with Crippen LogP contribution in [0.2, 0.25) is 0 Å². The fraction of sp³-hybridized carbons (Fsp3) is 0.120. The molecule has 4 aromatic rings. The van der Waals surface area contributed by atoms with Crippen LogP contribution in [-0.4, -0.2) is 28.3 Å². The third-order valence-electron chi connectivity index (χ3n) is 4.92. The first-order chi connectivity index (χ1) is 17.0. The summed E-state index contributed by atoms with van der Waals surface area (Å²) in [7, 11) is 0. The van der Waals surface area contributed by atoms with Gasteiger partial charge in [0.05, 0.1) is 17.9 Å². The van der Waals surface area contributed by atoms with E-state index in [-0.39, 0.29) is 36.0 Å². The van der Waals surface area contributed by atoms with Crippen LogP contribution in [0.1, 0.15) is 16.8 Å². The first-order valence-corrected chi connectivity index (χ1v) is 11.3. The predicted molar refractivity (Wildman–Crippen MR) is 128 cm³/mol. The van der Waals surface area contributed by atoms with Crippen molar-refractivity contribution in [2.24, 2.45) is 0 Å². The molecule has 10 heteroatoms. The number of nitriles is 2. The van der Waals surface area contributed by atoms with Gasteiger partial charge < -0.3 is 20.0 Å². The second kappa shape index (κ2) is 10.7. The Morgan fingerprint density at radius 2 is 1.69 bits per heavy atom. The van der Waals surface area contributed by atoms with Gasteiger partial charge in [-0.2, -0.15) is 10.5 Å². The number of hydrogen-bond acceptors (Lipinski definition) is 9. The molecule has 0 saturated carbocycles. The molecule has 0 saturated heterocycles. The first-order valence-electron chi connectivity index (χ1n) is 10.3. The smallest absolute Gasteiger partial charge is 0.226 e. The predicted octanol–water partition coefficient (Wildman–Crippen LogP) is 4.53. The number of nitrogens with zero attached hydrogens (tertiary/aromatic N) is 4. The Kier molecular flexibility index (Phi) is 7.27. The fourth-order valence-electron chi connectivity index (χ4n) is 3.31. The molecule has 0 atom stereocenters. The monoisotopic (exact) mass is 487 g/mol. The van der Waals surface area contributed by atoms with E-state index in [1.54, 1.807) is 36.4 Å². The van der Waals surface area contributed by atoms with Gasteiger partial charge in [-0.1, -0.05) is 23.9 Å². The molecule has 0 aliphatic carbocycles. The zero-order valence-electron chi connectivity index (χ0n) is 18.2. The van der Waals surface area contributed by atoms with Crippen LogP contribution in [0.5, 0.6) is 5.75 Å². The standard InChI is InChI=1S/C25H18FN5O3S/c26-17-5-1-16(2-6-17)24-30-18(13-34-24)14-35-25-21(12-28)22(20(11-27)23(29)31-25)15-3-7-19(8-4-15)33-10-9-32/h1-8,13,32H,9-10,14H2,(H2,29,31). The summed E-state index contributed by atoms with van der Waals surface area (Å²) >= 11 is 1.23. The van der Waals surface area contributed by atoms with Gasteiger partial charge in [-0.05, 0) is 42.0 Å². The lowest BCUT2D eigenvalue weighted by Gasteiger charge is -2.13. The minimum absolute atomic E-state index is 0.0109. The molecule has 0 spiro atoms. The zero-order chi connectivity index (χ0) is 24.8. The lowest BCUT2D eigenvalue weighted by atomic mass is 9.97. The van der Waals surface area contributed by atoms with Crippen LogP contribution in [0.4, 0.5) is 10.2 Å². The Morgan fingerprint density at radius 1 is 1.00 bits per heavy atom. The van der Waals surface area contributed by atoms with Gasteiger partial charge in [0, 0.05) is 16.9 Å². The van der Waals surface area contributed by atoms with Crippen molar-refractivity contribution < 1.29 is 18.7 Å². The van der Waals surface area contributed by atoms with E-state index in [9.17, 15) is 14.9 Å². The molecule has 2 heterocycles. The summed E-state index contributed by atoms with van der Waals surface area (Å²) in [6.07, 6.45) is 1.48. The second-order valence-electron chi connectivity index (χ2n) is 7.19. The molecule has 0 amide bonds. The van der Waals surface area contributed by atoms with Gasteiger partial charge in [0.1, 0.15) is 53.0 Å². The summed E-state index contributed by atoms with van der Waals surface area (Å²) < 4.78 is 24.0. The highest BCUT2D eigenvalue weighted by molar-refractivity contribution is 7.98. The summed E-state index contributed by atoms with van der Waals surface area (Å²) in [5.74, 6) is 0.868. The highest BCUT2D eigenvalue weighted by Crippen LogP contribution is 2.37. The maximum atomic E-state index is 13.2. The van der Waals surface area contributed by atoms with Crippen LogP contribution < -0.4 is 10.5 Å². The normalized spacial score (nSPS) is 10.5. The number of nitrogen functional groups attached to an aromatic ring is 1. The molecule has 0 aliphatic heterocycles. The zero-order valence-corrected chi connectivity index (χ0v) is 19.1. The number of halogens is 1. The van der Waals surface area contributed by atoms with Crippen molar-refractivity contribution in [3.8, 4) is 40.5 Å². The highest BCUT2D eigenvalue weighted by Gasteiger charge is 2.21. The average Bonchev–Trinajstić information content (AvgIpc) is 3.35. The minimum Gasteiger partial charge on any atom is -0.491 e. The number of oxazole rings is 1. The number of nitrogens with two attached hydrogens (primary N) is 1. The molecule has 35 heavy (non-hydrogen) atoms. The Morgan fingerprint density at radius 3 is 2.34 bits per heavy atom. The number of hydrogen-bond donors (Lipinski definition) is 2. The lowest BCUT2D eigenvalue weighted by molar-refractivity contribution is 0.201. The van der Waals surface area contributed by atoms with E-state index in [0.29, 0.717) is 44.8 Å². The van der Waals surface area contributed by atoms with Crippen molar-refractivity contribution in [2.45, 2.75) is 10.8 Å². The van der Waals surface area contributed by atoms with Crippen molar-refractivity contribution in [1.29, 1.82) is 10.5 Å². The Hall–Kier alpha value is -4.38. The molecular formula is C25H18FN5O3S. The van der Waals surface area contributed by atoms with Crippen molar-refractivity contribution >= 4 is 17.6 Å². The quantitative estimate of drug-likeness (QED) is 0.343. The number of aliphatic hydroxyl groups is 1. The number of benzene rings is 2. The summed E-state index contributed by atoms with van der Waals surface area (Å²) in [6, 6.07) is 16.8. The van der Waals surface area contributed by atoms with E-state index in [4.69, 9.17) is 20.0 Å². The topological polar surface area (TPSA) is 142 Å². The summed E-state index contributed by atoms with van der Waals surface area (Å²) in [4.78, 5) is 8.71. The van der Waals surface area contributed by atoms with E-state index in [2.05, 4.69) is 16.0 Å². The van der Waals surface area contributed by atoms with Crippen molar-refractivity contribution in [2.75, 3.05) is 18.9 Å². The largest absolute Gasteiger partial charge is 0.491 e. The lowest BCUT2D eigenvalue weighted by Crippen LogP contribution is -2.04. The highest BCUT2D eigenvalue weighted by atomic mass is 32.2. The number of anilines is 1.